The van der Waals surface area contributed by atoms with Crippen LogP contribution in [0.3, 0.4) is 0 Å². The average molecular weight is 354 g/mol. The lowest BCUT2D eigenvalue weighted by Crippen LogP contribution is -2.36. The number of carbonyl (C=O) groups excluding carboxylic acids is 1. The number of fused-ring (bicyclic) bond motifs is 1. The predicted octanol–water partition coefficient (Wildman–Crippen LogP) is 1.94. The molecule has 1 amide bonds. The van der Waals surface area contributed by atoms with Crippen molar-refractivity contribution in [1.82, 2.24) is 15.3 Å². The molecule has 3 rings (SSSR count). The quantitative estimate of drug-likeness (QED) is 0.282. The minimum Gasteiger partial charge on any atom is -0.439 e. The molecule has 1 aromatic carbocycles. The molecule has 0 aliphatic heterocycles. The van der Waals surface area contributed by atoms with Crippen LogP contribution in [0.5, 0.6) is 11.6 Å². The van der Waals surface area contributed by atoms with Crippen molar-refractivity contribution in [2.24, 2.45) is 10.7 Å². The van der Waals surface area contributed by atoms with Crippen molar-refractivity contribution in [2.45, 2.75) is 0 Å². The van der Waals surface area contributed by atoms with Crippen LogP contribution in [0.1, 0.15) is 10.5 Å². The fraction of sp³-hybridized carbons (Fsp3) is 0.0625. The smallest absolute Gasteiger partial charge is 0.276 e. The monoisotopic (exact) mass is 354 g/mol. The molecule has 26 heavy (non-hydrogen) atoms. The Kier molecular flexibility index (Phi) is 4.48. The van der Waals surface area contributed by atoms with Crippen LogP contribution in [0, 0.1) is 10.1 Å². The van der Waals surface area contributed by atoms with E-state index in [0.29, 0.717) is 17.0 Å². The Morgan fingerprint density at radius 2 is 2.15 bits per heavy atom. The zero-order valence-electron chi connectivity index (χ0n) is 13.6. The second-order valence-corrected chi connectivity index (χ2v) is 5.21. The number of nitrogens with one attached hydrogen (secondary N) is 2. The number of hydrogen-bond donors (Lipinski definition) is 3. The van der Waals surface area contributed by atoms with Gasteiger partial charge in [0.1, 0.15) is 11.4 Å². The first-order valence-corrected chi connectivity index (χ1v) is 7.41. The summed E-state index contributed by atoms with van der Waals surface area (Å²) in [6.07, 6.45) is 1.29. The highest BCUT2D eigenvalue weighted by Gasteiger charge is 2.12. The fourth-order valence-corrected chi connectivity index (χ4v) is 2.22. The van der Waals surface area contributed by atoms with E-state index in [-0.39, 0.29) is 17.5 Å². The lowest BCUT2D eigenvalue weighted by molar-refractivity contribution is -0.385. The van der Waals surface area contributed by atoms with Gasteiger partial charge in [-0.2, -0.15) is 0 Å². The summed E-state index contributed by atoms with van der Waals surface area (Å²) in [5, 5.41) is 14.0. The number of H-pyrrole nitrogens is 1. The van der Waals surface area contributed by atoms with Crippen LogP contribution >= 0.6 is 0 Å². The molecule has 0 radical (unpaired) electrons. The van der Waals surface area contributed by atoms with Crippen molar-refractivity contribution in [3.05, 3.63) is 58.4 Å². The molecule has 0 fully saturated rings. The SMILES string of the molecule is CN=C(N)NC(=O)c1cc2ccc(Oc3cc([N+](=O)[O-])ccn3)cc2[nH]1. The largest absolute Gasteiger partial charge is 0.439 e. The summed E-state index contributed by atoms with van der Waals surface area (Å²) < 4.78 is 5.55. The van der Waals surface area contributed by atoms with Gasteiger partial charge in [-0.25, -0.2) is 4.98 Å². The zero-order valence-corrected chi connectivity index (χ0v) is 13.6. The fourth-order valence-electron chi connectivity index (χ4n) is 2.22. The van der Waals surface area contributed by atoms with Gasteiger partial charge in [0.25, 0.3) is 11.6 Å². The Hall–Kier alpha value is -3.95. The maximum Gasteiger partial charge on any atom is 0.276 e. The molecule has 132 valence electrons. The number of carbonyl (C=O) groups is 1. The number of nitrogens with two attached hydrogens (primary N) is 1. The molecule has 10 heteroatoms. The molecule has 0 atom stereocenters. The maximum absolute atomic E-state index is 12.1. The zero-order chi connectivity index (χ0) is 18.7. The van der Waals surface area contributed by atoms with Gasteiger partial charge >= 0.3 is 0 Å². The molecule has 2 heterocycles. The molecule has 10 nitrogen and oxygen atoms in total. The molecule has 0 unspecified atom stereocenters. The Labute approximate surface area is 146 Å². The first-order valence-electron chi connectivity index (χ1n) is 7.41. The number of pyridine rings is 1. The normalized spacial score (nSPS) is 11.3. The van der Waals surface area contributed by atoms with E-state index in [1.165, 1.54) is 25.4 Å². The molecule has 3 aromatic rings. The van der Waals surface area contributed by atoms with E-state index in [4.69, 9.17) is 10.5 Å². The van der Waals surface area contributed by atoms with Crippen molar-refractivity contribution in [2.75, 3.05) is 7.05 Å². The number of nitro groups is 1. The van der Waals surface area contributed by atoms with E-state index >= 15 is 0 Å². The highest BCUT2D eigenvalue weighted by atomic mass is 16.6. The number of guanidine groups is 1. The van der Waals surface area contributed by atoms with Crippen LogP contribution < -0.4 is 15.8 Å². The summed E-state index contributed by atoms with van der Waals surface area (Å²) in [4.78, 5) is 32.9. The second kappa shape index (κ2) is 6.89. The van der Waals surface area contributed by atoms with Crippen molar-refractivity contribution < 1.29 is 14.5 Å². The van der Waals surface area contributed by atoms with Crippen LogP contribution in [0.15, 0.2) is 47.6 Å². The van der Waals surface area contributed by atoms with Gasteiger partial charge in [-0.1, -0.05) is 0 Å². The molecule has 0 spiro atoms. The van der Waals surface area contributed by atoms with Gasteiger partial charge in [0.15, 0.2) is 5.96 Å². The Morgan fingerprint density at radius 3 is 2.88 bits per heavy atom. The second-order valence-electron chi connectivity index (χ2n) is 5.21. The van der Waals surface area contributed by atoms with Crippen LogP contribution in [0.25, 0.3) is 10.9 Å². The number of aromatic nitrogens is 2. The van der Waals surface area contributed by atoms with Crippen molar-refractivity contribution >= 4 is 28.5 Å². The molecular formula is C16H14N6O4. The summed E-state index contributed by atoms with van der Waals surface area (Å²) in [6, 6.07) is 9.22. The van der Waals surface area contributed by atoms with E-state index in [1.807, 2.05) is 0 Å². The van der Waals surface area contributed by atoms with Gasteiger partial charge in [-0.3, -0.25) is 25.2 Å². The highest BCUT2D eigenvalue weighted by molar-refractivity contribution is 6.06. The minimum atomic E-state index is -0.529. The summed E-state index contributed by atoms with van der Waals surface area (Å²) >= 11 is 0. The summed E-state index contributed by atoms with van der Waals surface area (Å²) in [5.74, 6) is 0.0884. The molecular weight excluding hydrogens is 340 g/mol. The molecule has 0 saturated carbocycles. The standard InChI is InChI=1S/C16H14N6O4/c1-18-16(17)21-15(23)13-6-9-2-3-11(8-12(9)20-13)26-14-7-10(22(24)25)4-5-19-14/h2-8,20H,1H3,(H3,17,18,21,23). The van der Waals surface area contributed by atoms with Crippen LogP contribution in [0.4, 0.5) is 5.69 Å². The molecule has 0 aliphatic carbocycles. The van der Waals surface area contributed by atoms with Gasteiger partial charge in [0.05, 0.1) is 11.0 Å². The summed E-state index contributed by atoms with van der Waals surface area (Å²) in [7, 11) is 1.46. The third kappa shape index (κ3) is 3.59. The van der Waals surface area contributed by atoms with Gasteiger partial charge in [0.2, 0.25) is 5.88 Å². The predicted molar refractivity (Wildman–Crippen MR) is 94.3 cm³/mol. The summed E-state index contributed by atoms with van der Waals surface area (Å²) in [6.45, 7) is 0. The number of amides is 1. The van der Waals surface area contributed by atoms with Crippen LogP contribution in [-0.2, 0) is 0 Å². The number of hydrogen-bond acceptors (Lipinski definition) is 6. The third-order valence-corrected chi connectivity index (χ3v) is 3.47. The van der Waals surface area contributed by atoms with Crippen LogP contribution in [-0.4, -0.2) is 33.8 Å². The van der Waals surface area contributed by atoms with E-state index < -0.39 is 10.8 Å². The number of aromatic amines is 1. The van der Waals surface area contributed by atoms with Crippen molar-refractivity contribution in [3.8, 4) is 11.6 Å². The van der Waals surface area contributed by atoms with E-state index in [9.17, 15) is 14.9 Å². The number of aliphatic imine (C=N–C) groups is 1. The lowest BCUT2D eigenvalue weighted by Gasteiger charge is -2.04. The first kappa shape index (κ1) is 16.9. The summed E-state index contributed by atoms with van der Waals surface area (Å²) in [5.41, 5.74) is 6.30. The van der Waals surface area contributed by atoms with Gasteiger partial charge in [-0.15, -0.1) is 0 Å². The molecule has 2 aromatic heterocycles. The van der Waals surface area contributed by atoms with Gasteiger partial charge in [-0.05, 0) is 18.2 Å². The number of ether oxygens (including phenoxy) is 1. The maximum atomic E-state index is 12.1. The Bertz CT molecular complexity index is 1030. The van der Waals surface area contributed by atoms with Gasteiger partial charge in [0, 0.05) is 36.3 Å². The Morgan fingerprint density at radius 1 is 1.35 bits per heavy atom. The third-order valence-electron chi connectivity index (χ3n) is 3.47. The van der Waals surface area contributed by atoms with E-state index in [2.05, 4.69) is 20.3 Å². The van der Waals surface area contributed by atoms with Gasteiger partial charge < -0.3 is 15.5 Å². The first-order chi connectivity index (χ1) is 12.5. The molecule has 0 aliphatic rings. The number of benzene rings is 1. The highest BCUT2D eigenvalue weighted by Crippen LogP contribution is 2.26. The van der Waals surface area contributed by atoms with Crippen molar-refractivity contribution in [3.63, 3.8) is 0 Å². The molecule has 0 bridgehead atoms. The van der Waals surface area contributed by atoms with Crippen LogP contribution in [0.2, 0.25) is 0 Å². The van der Waals surface area contributed by atoms with E-state index in [0.717, 1.165) is 5.39 Å². The molecule has 0 saturated heterocycles. The number of nitrogens with zero attached hydrogens (tertiary/aromatic N) is 3. The van der Waals surface area contributed by atoms with Crippen molar-refractivity contribution in [1.29, 1.82) is 0 Å². The lowest BCUT2D eigenvalue weighted by atomic mass is 10.2. The minimum absolute atomic E-state index is 0.00873. The topological polar surface area (TPSA) is 149 Å². The van der Waals surface area contributed by atoms with E-state index in [1.54, 1.807) is 24.3 Å². The Balaban J connectivity index is 1.84. The molecule has 4 N–H and O–H groups in total. The average Bonchev–Trinajstić information content (AvgIpc) is 3.05. The number of rotatable bonds is 4.